The minimum absolute atomic E-state index is 0.784. The SMILES string of the molecule is CNCc1ccn(Cc2ccc(Cl)cc2)c1. The average molecular weight is 235 g/mol. The zero-order valence-electron chi connectivity index (χ0n) is 9.28. The van der Waals surface area contributed by atoms with Crippen LogP contribution in [0, 0.1) is 0 Å². The monoisotopic (exact) mass is 234 g/mol. The van der Waals surface area contributed by atoms with E-state index in [0.29, 0.717) is 0 Å². The molecule has 0 amide bonds. The van der Waals surface area contributed by atoms with Gasteiger partial charge in [-0.1, -0.05) is 23.7 Å². The van der Waals surface area contributed by atoms with Crippen LogP contribution in [0.25, 0.3) is 0 Å². The Morgan fingerprint density at radius 3 is 2.56 bits per heavy atom. The highest BCUT2D eigenvalue weighted by Crippen LogP contribution is 2.11. The van der Waals surface area contributed by atoms with Crippen LogP contribution < -0.4 is 5.32 Å². The van der Waals surface area contributed by atoms with Crippen LogP contribution >= 0.6 is 11.6 Å². The molecule has 1 heterocycles. The predicted molar refractivity (Wildman–Crippen MR) is 67.7 cm³/mol. The van der Waals surface area contributed by atoms with Gasteiger partial charge in [-0.2, -0.15) is 0 Å². The van der Waals surface area contributed by atoms with Crippen molar-refractivity contribution in [1.29, 1.82) is 0 Å². The zero-order chi connectivity index (χ0) is 11.4. The minimum atomic E-state index is 0.784. The Morgan fingerprint density at radius 1 is 1.12 bits per heavy atom. The summed E-state index contributed by atoms with van der Waals surface area (Å²) in [5.74, 6) is 0. The van der Waals surface area contributed by atoms with E-state index in [1.807, 2.05) is 19.2 Å². The van der Waals surface area contributed by atoms with Crippen LogP contribution in [0.1, 0.15) is 11.1 Å². The van der Waals surface area contributed by atoms with Crippen LogP contribution in [0.4, 0.5) is 0 Å². The van der Waals surface area contributed by atoms with Gasteiger partial charge in [-0.15, -0.1) is 0 Å². The van der Waals surface area contributed by atoms with Gasteiger partial charge < -0.3 is 9.88 Å². The van der Waals surface area contributed by atoms with E-state index in [2.05, 4.69) is 40.5 Å². The Balaban J connectivity index is 2.05. The Hall–Kier alpha value is -1.25. The Labute approximate surface area is 101 Å². The largest absolute Gasteiger partial charge is 0.350 e. The lowest BCUT2D eigenvalue weighted by atomic mass is 10.2. The van der Waals surface area contributed by atoms with E-state index < -0.39 is 0 Å². The topological polar surface area (TPSA) is 17.0 Å². The van der Waals surface area contributed by atoms with Crippen molar-refractivity contribution < 1.29 is 0 Å². The second-order valence-electron chi connectivity index (χ2n) is 3.85. The molecule has 0 unspecified atom stereocenters. The first-order valence-electron chi connectivity index (χ1n) is 5.31. The lowest BCUT2D eigenvalue weighted by Gasteiger charge is -2.03. The Kier molecular flexibility index (Phi) is 3.65. The van der Waals surface area contributed by atoms with Crippen molar-refractivity contribution in [3.63, 3.8) is 0 Å². The van der Waals surface area contributed by atoms with Gasteiger partial charge in [-0.25, -0.2) is 0 Å². The number of halogens is 1. The third-order valence-corrected chi connectivity index (χ3v) is 2.72. The van der Waals surface area contributed by atoms with E-state index in [0.717, 1.165) is 18.1 Å². The average Bonchev–Trinajstić information content (AvgIpc) is 2.70. The molecule has 84 valence electrons. The minimum Gasteiger partial charge on any atom is -0.350 e. The lowest BCUT2D eigenvalue weighted by molar-refractivity contribution is 0.783. The number of rotatable bonds is 4. The van der Waals surface area contributed by atoms with Crippen molar-refractivity contribution in [2.24, 2.45) is 0 Å². The van der Waals surface area contributed by atoms with Gasteiger partial charge in [0.05, 0.1) is 0 Å². The second-order valence-corrected chi connectivity index (χ2v) is 4.29. The van der Waals surface area contributed by atoms with Gasteiger partial charge in [-0.05, 0) is 36.4 Å². The fourth-order valence-corrected chi connectivity index (χ4v) is 1.82. The molecule has 2 rings (SSSR count). The van der Waals surface area contributed by atoms with Crippen LogP contribution in [0.3, 0.4) is 0 Å². The number of hydrogen-bond acceptors (Lipinski definition) is 1. The molecule has 1 N–H and O–H groups in total. The van der Waals surface area contributed by atoms with Crippen molar-refractivity contribution in [2.75, 3.05) is 7.05 Å². The molecule has 0 aliphatic rings. The van der Waals surface area contributed by atoms with E-state index in [-0.39, 0.29) is 0 Å². The molecule has 16 heavy (non-hydrogen) atoms. The summed E-state index contributed by atoms with van der Waals surface area (Å²) < 4.78 is 2.18. The summed E-state index contributed by atoms with van der Waals surface area (Å²) in [4.78, 5) is 0. The maximum absolute atomic E-state index is 5.84. The summed E-state index contributed by atoms with van der Waals surface area (Å²) in [5.41, 5.74) is 2.56. The molecule has 0 aliphatic carbocycles. The van der Waals surface area contributed by atoms with Crippen LogP contribution in [0.2, 0.25) is 5.02 Å². The van der Waals surface area contributed by atoms with Crippen molar-refractivity contribution in [3.8, 4) is 0 Å². The van der Waals surface area contributed by atoms with Gasteiger partial charge in [0.1, 0.15) is 0 Å². The summed E-state index contributed by atoms with van der Waals surface area (Å²) in [5, 5.41) is 3.92. The summed E-state index contributed by atoms with van der Waals surface area (Å²) in [6.45, 7) is 1.80. The molecule has 2 nitrogen and oxygen atoms in total. The number of benzene rings is 1. The molecular weight excluding hydrogens is 220 g/mol. The molecule has 0 saturated carbocycles. The van der Waals surface area contributed by atoms with Crippen molar-refractivity contribution in [3.05, 3.63) is 58.9 Å². The third-order valence-electron chi connectivity index (χ3n) is 2.47. The van der Waals surface area contributed by atoms with Crippen molar-refractivity contribution >= 4 is 11.6 Å². The summed E-state index contributed by atoms with van der Waals surface area (Å²) in [7, 11) is 1.95. The number of nitrogens with zero attached hydrogens (tertiary/aromatic N) is 1. The Bertz CT molecular complexity index is 445. The molecule has 0 fully saturated rings. The number of hydrogen-bond donors (Lipinski definition) is 1. The molecule has 0 saturated heterocycles. The highest BCUT2D eigenvalue weighted by atomic mass is 35.5. The maximum atomic E-state index is 5.84. The molecule has 2 aromatic rings. The third kappa shape index (κ3) is 2.87. The molecule has 0 spiro atoms. The normalized spacial score (nSPS) is 10.6. The van der Waals surface area contributed by atoms with E-state index in [1.54, 1.807) is 0 Å². The highest BCUT2D eigenvalue weighted by molar-refractivity contribution is 6.30. The molecular formula is C13H15ClN2. The van der Waals surface area contributed by atoms with Gasteiger partial charge in [0.25, 0.3) is 0 Å². The summed E-state index contributed by atoms with van der Waals surface area (Å²) in [6, 6.07) is 10.1. The summed E-state index contributed by atoms with van der Waals surface area (Å²) >= 11 is 5.84. The van der Waals surface area contributed by atoms with E-state index in [9.17, 15) is 0 Å². The van der Waals surface area contributed by atoms with Gasteiger partial charge >= 0.3 is 0 Å². The number of aromatic nitrogens is 1. The van der Waals surface area contributed by atoms with Gasteiger partial charge in [-0.3, -0.25) is 0 Å². The van der Waals surface area contributed by atoms with Crippen LogP contribution in [0.15, 0.2) is 42.7 Å². The zero-order valence-corrected chi connectivity index (χ0v) is 10.0. The van der Waals surface area contributed by atoms with E-state index >= 15 is 0 Å². The molecule has 0 bridgehead atoms. The van der Waals surface area contributed by atoms with Crippen LogP contribution in [-0.2, 0) is 13.1 Å². The van der Waals surface area contributed by atoms with Crippen molar-refractivity contribution in [1.82, 2.24) is 9.88 Å². The van der Waals surface area contributed by atoms with Crippen molar-refractivity contribution in [2.45, 2.75) is 13.1 Å². The molecule has 1 aromatic carbocycles. The molecule has 0 aliphatic heterocycles. The molecule has 0 radical (unpaired) electrons. The fraction of sp³-hybridized carbons (Fsp3) is 0.231. The second kappa shape index (κ2) is 5.19. The molecule has 0 atom stereocenters. The fourth-order valence-electron chi connectivity index (χ4n) is 1.70. The summed E-state index contributed by atoms with van der Waals surface area (Å²) in [6.07, 6.45) is 4.26. The van der Waals surface area contributed by atoms with Gasteiger partial charge in [0.2, 0.25) is 0 Å². The van der Waals surface area contributed by atoms with Gasteiger partial charge in [0, 0.05) is 30.5 Å². The Morgan fingerprint density at radius 2 is 1.88 bits per heavy atom. The molecule has 3 heteroatoms. The quantitative estimate of drug-likeness (QED) is 0.861. The molecule has 1 aromatic heterocycles. The van der Waals surface area contributed by atoms with Gasteiger partial charge in [0.15, 0.2) is 0 Å². The smallest absolute Gasteiger partial charge is 0.0470 e. The van der Waals surface area contributed by atoms with Crippen LogP contribution in [-0.4, -0.2) is 11.6 Å². The van der Waals surface area contributed by atoms with E-state index in [1.165, 1.54) is 11.1 Å². The lowest BCUT2D eigenvalue weighted by Crippen LogP contribution is -2.04. The highest BCUT2D eigenvalue weighted by Gasteiger charge is 1.97. The van der Waals surface area contributed by atoms with E-state index in [4.69, 9.17) is 11.6 Å². The van der Waals surface area contributed by atoms with Crippen LogP contribution in [0.5, 0.6) is 0 Å². The first-order chi connectivity index (χ1) is 7.78. The first kappa shape index (κ1) is 11.2. The standard InChI is InChI=1S/C13H15ClN2/c1-15-8-12-6-7-16(10-12)9-11-2-4-13(14)5-3-11/h2-7,10,15H,8-9H2,1H3. The predicted octanol–water partition coefficient (Wildman–Crippen LogP) is 2.91. The first-order valence-corrected chi connectivity index (χ1v) is 5.69. The maximum Gasteiger partial charge on any atom is 0.0470 e. The number of nitrogens with one attached hydrogen (secondary N) is 1.